The second kappa shape index (κ2) is 4.67. The molecule has 0 N–H and O–H groups in total. The molecule has 3 nitrogen and oxygen atoms in total. The maximum absolute atomic E-state index is 5.58. The van der Waals surface area contributed by atoms with E-state index >= 15 is 0 Å². The number of rotatable bonds is 4. The molecule has 1 aromatic heterocycles. The standard InChI is InChI=1S/C9H16N2OS/c1-5-12-8(6(2)3)9-10-7(4)13-11-9/h6,8H,5H2,1-4H3. The van der Waals surface area contributed by atoms with Gasteiger partial charge in [0.15, 0.2) is 5.82 Å². The molecule has 0 spiro atoms. The zero-order chi connectivity index (χ0) is 9.84. The van der Waals surface area contributed by atoms with Crippen LogP contribution in [0.3, 0.4) is 0 Å². The molecule has 1 unspecified atom stereocenters. The summed E-state index contributed by atoms with van der Waals surface area (Å²) in [6, 6.07) is 0. The zero-order valence-corrected chi connectivity index (χ0v) is 9.39. The van der Waals surface area contributed by atoms with E-state index in [2.05, 4.69) is 23.2 Å². The first-order valence-electron chi connectivity index (χ1n) is 4.57. The van der Waals surface area contributed by atoms with Gasteiger partial charge in [0.2, 0.25) is 0 Å². The van der Waals surface area contributed by atoms with Gasteiger partial charge in [-0.2, -0.15) is 4.37 Å². The summed E-state index contributed by atoms with van der Waals surface area (Å²) in [5, 5.41) is 1.00. The van der Waals surface area contributed by atoms with Crippen LogP contribution in [0.2, 0.25) is 0 Å². The molecule has 0 saturated carbocycles. The van der Waals surface area contributed by atoms with Crippen LogP contribution in [-0.2, 0) is 4.74 Å². The summed E-state index contributed by atoms with van der Waals surface area (Å²) in [4.78, 5) is 4.33. The van der Waals surface area contributed by atoms with Crippen molar-refractivity contribution in [3.05, 3.63) is 10.8 Å². The lowest BCUT2D eigenvalue weighted by molar-refractivity contribution is 0.0240. The van der Waals surface area contributed by atoms with Gasteiger partial charge in [0, 0.05) is 6.61 Å². The molecular formula is C9H16N2OS. The molecule has 0 aromatic carbocycles. The topological polar surface area (TPSA) is 35.0 Å². The second-order valence-electron chi connectivity index (χ2n) is 3.29. The minimum atomic E-state index is 0.0509. The van der Waals surface area contributed by atoms with Crippen LogP contribution in [0.4, 0.5) is 0 Å². The van der Waals surface area contributed by atoms with Crippen molar-refractivity contribution >= 4 is 11.5 Å². The summed E-state index contributed by atoms with van der Waals surface area (Å²) in [7, 11) is 0. The van der Waals surface area contributed by atoms with E-state index in [-0.39, 0.29) is 6.10 Å². The first-order chi connectivity index (χ1) is 6.15. The molecule has 13 heavy (non-hydrogen) atoms. The number of aromatic nitrogens is 2. The summed E-state index contributed by atoms with van der Waals surface area (Å²) in [5.74, 6) is 1.26. The summed E-state index contributed by atoms with van der Waals surface area (Å²) in [6.07, 6.45) is 0.0509. The van der Waals surface area contributed by atoms with E-state index in [0.29, 0.717) is 12.5 Å². The fourth-order valence-corrected chi connectivity index (χ4v) is 1.68. The number of nitrogens with zero attached hydrogens (tertiary/aromatic N) is 2. The highest BCUT2D eigenvalue weighted by molar-refractivity contribution is 7.05. The Morgan fingerprint density at radius 2 is 2.15 bits per heavy atom. The molecule has 0 fully saturated rings. The SMILES string of the molecule is CCOC(c1nsc(C)n1)C(C)C. The van der Waals surface area contributed by atoms with Gasteiger partial charge in [-0.05, 0) is 31.3 Å². The molecule has 0 amide bonds. The number of hydrogen-bond donors (Lipinski definition) is 0. The van der Waals surface area contributed by atoms with Crippen molar-refractivity contribution in [2.45, 2.75) is 33.8 Å². The summed E-state index contributed by atoms with van der Waals surface area (Å²) < 4.78 is 9.85. The summed E-state index contributed by atoms with van der Waals surface area (Å²) in [5.41, 5.74) is 0. The Bertz CT molecular complexity index is 260. The Balaban J connectivity index is 2.75. The van der Waals surface area contributed by atoms with Crippen molar-refractivity contribution in [1.82, 2.24) is 9.36 Å². The van der Waals surface area contributed by atoms with Crippen molar-refractivity contribution in [1.29, 1.82) is 0 Å². The third-order valence-electron chi connectivity index (χ3n) is 1.75. The number of hydrogen-bond acceptors (Lipinski definition) is 4. The molecule has 74 valence electrons. The maximum atomic E-state index is 5.58. The van der Waals surface area contributed by atoms with Crippen LogP contribution in [-0.4, -0.2) is 16.0 Å². The Hall–Kier alpha value is -0.480. The van der Waals surface area contributed by atoms with Crippen LogP contribution in [0.25, 0.3) is 0 Å². The molecule has 1 atom stereocenters. The monoisotopic (exact) mass is 200 g/mol. The summed E-state index contributed by atoms with van der Waals surface area (Å²) >= 11 is 1.43. The van der Waals surface area contributed by atoms with E-state index in [9.17, 15) is 0 Å². The lowest BCUT2D eigenvalue weighted by Gasteiger charge is -2.17. The molecule has 0 saturated heterocycles. The Morgan fingerprint density at radius 3 is 2.54 bits per heavy atom. The minimum absolute atomic E-state index is 0.0509. The number of ether oxygens (including phenoxy) is 1. The molecular weight excluding hydrogens is 184 g/mol. The zero-order valence-electron chi connectivity index (χ0n) is 8.57. The van der Waals surface area contributed by atoms with E-state index in [1.807, 2.05) is 13.8 Å². The van der Waals surface area contributed by atoms with E-state index in [4.69, 9.17) is 4.74 Å². The van der Waals surface area contributed by atoms with Crippen LogP contribution in [0.1, 0.15) is 37.7 Å². The quantitative estimate of drug-likeness (QED) is 0.749. The van der Waals surface area contributed by atoms with Gasteiger partial charge in [0.25, 0.3) is 0 Å². The van der Waals surface area contributed by atoms with Crippen molar-refractivity contribution < 1.29 is 4.74 Å². The highest BCUT2D eigenvalue weighted by Gasteiger charge is 2.19. The summed E-state index contributed by atoms with van der Waals surface area (Å²) in [6.45, 7) is 8.91. The van der Waals surface area contributed by atoms with Gasteiger partial charge in [0.05, 0.1) is 0 Å². The first kappa shape index (κ1) is 10.6. The maximum Gasteiger partial charge on any atom is 0.171 e. The Kier molecular flexibility index (Phi) is 3.81. The third kappa shape index (κ3) is 2.74. The van der Waals surface area contributed by atoms with E-state index in [0.717, 1.165) is 10.8 Å². The van der Waals surface area contributed by atoms with Gasteiger partial charge in [0.1, 0.15) is 11.1 Å². The molecule has 1 aromatic rings. The first-order valence-corrected chi connectivity index (χ1v) is 5.34. The second-order valence-corrected chi connectivity index (χ2v) is 4.25. The largest absolute Gasteiger partial charge is 0.370 e. The lowest BCUT2D eigenvalue weighted by atomic mass is 10.1. The van der Waals surface area contributed by atoms with Crippen LogP contribution < -0.4 is 0 Å². The predicted octanol–water partition coefficient (Wildman–Crippen LogP) is 2.58. The van der Waals surface area contributed by atoms with E-state index in [1.54, 1.807) is 0 Å². The molecule has 0 radical (unpaired) electrons. The van der Waals surface area contributed by atoms with Gasteiger partial charge < -0.3 is 4.74 Å². The average Bonchev–Trinajstić information content (AvgIpc) is 2.46. The normalized spacial score (nSPS) is 13.6. The van der Waals surface area contributed by atoms with E-state index < -0.39 is 0 Å². The molecule has 4 heteroatoms. The van der Waals surface area contributed by atoms with Crippen molar-refractivity contribution in [2.75, 3.05) is 6.61 Å². The lowest BCUT2D eigenvalue weighted by Crippen LogP contribution is -2.12. The Labute approximate surface area is 83.3 Å². The molecule has 1 heterocycles. The van der Waals surface area contributed by atoms with Gasteiger partial charge >= 0.3 is 0 Å². The predicted molar refractivity (Wildman–Crippen MR) is 53.9 cm³/mol. The smallest absolute Gasteiger partial charge is 0.171 e. The van der Waals surface area contributed by atoms with Crippen molar-refractivity contribution in [2.24, 2.45) is 5.92 Å². The van der Waals surface area contributed by atoms with Crippen molar-refractivity contribution in [3.8, 4) is 0 Å². The van der Waals surface area contributed by atoms with Crippen molar-refractivity contribution in [3.63, 3.8) is 0 Å². The van der Waals surface area contributed by atoms with E-state index in [1.165, 1.54) is 11.5 Å². The minimum Gasteiger partial charge on any atom is -0.370 e. The van der Waals surface area contributed by atoms with Crippen LogP contribution in [0.15, 0.2) is 0 Å². The molecule has 0 aliphatic rings. The average molecular weight is 200 g/mol. The number of aryl methyl sites for hydroxylation is 1. The fraction of sp³-hybridized carbons (Fsp3) is 0.778. The third-order valence-corrected chi connectivity index (χ3v) is 2.38. The highest BCUT2D eigenvalue weighted by atomic mass is 32.1. The molecule has 1 rings (SSSR count). The van der Waals surface area contributed by atoms with Gasteiger partial charge in [-0.15, -0.1) is 0 Å². The highest BCUT2D eigenvalue weighted by Crippen LogP contribution is 2.24. The van der Waals surface area contributed by atoms with Crippen LogP contribution in [0.5, 0.6) is 0 Å². The van der Waals surface area contributed by atoms with Gasteiger partial charge in [-0.3, -0.25) is 0 Å². The molecule has 0 bridgehead atoms. The Morgan fingerprint density at radius 1 is 1.46 bits per heavy atom. The van der Waals surface area contributed by atoms with Gasteiger partial charge in [-0.25, -0.2) is 4.98 Å². The fourth-order valence-electron chi connectivity index (χ4n) is 1.18. The molecule has 0 aliphatic carbocycles. The van der Waals surface area contributed by atoms with Crippen LogP contribution in [0, 0.1) is 12.8 Å². The van der Waals surface area contributed by atoms with Crippen LogP contribution >= 0.6 is 11.5 Å². The molecule has 0 aliphatic heterocycles. The van der Waals surface area contributed by atoms with Gasteiger partial charge in [-0.1, -0.05) is 13.8 Å².